The normalized spacial score (nSPS) is 13.6. The molecule has 0 saturated carbocycles. The standard InChI is InChI=1S/C14H26N2O2S2/c1-4-6-7-8-12(3)16-20(17,18)14-10-9-13(19-14)11-15-5-2/h9-10,12,15-16H,4-8,11H2,1-3H3. The van der Waals surface area contributed by atoms with Gasteiger partial charge in [0.2, 0.25) is 10.0 Å². The number of thiophene rings is 1. The number of hydrogen-bond acceptors (Lipinski definition) is 4. The SMILES string of the molecule is CCCCCC(C)NS(=O)(=O)c1ccc(CNCC)s1. The molecule has 6 heteroatoms. The molecular formula is C14H26N2O2S2. The Hall–Kier alpha value is -0.430. The lowest BCUT2D eigenvalue weighted by Crippen LogP contribution is -2.32. The highest BCUT2D eigenvalue weighted by molar-refractivity contribution is 7.91. The van der Waals surface area contributed by atoms with Crippen LogP contribution < -0.4 is 10.0 Å². The Morgan fingerprint density at radius 1 is 1.25 bits per heavy atom. The van der Waals surface area contributed by atoms with Gasteiger partial charge in [0.05, 0.1) is 0 Å². The summed E-state index contributed by atoms with van der Waals surface area (Å²) in [4.78, 5) is 1.05. The molecule has 0 aliphatic heterocycles. The number of unbranched alkanes of at least 4 members (excludes halogenated alkanes) is 2. The summed E-state index contributed by atoms with van der Waals surface area (Å²) >= 11 is 1.34. The Bertz CT molecular complexity index is 483. The Labute approximate surface area is 127 Å². The van der Waals surface area contributed by atoms with Gasteiger partial charge in [-0.1, -0.05) is 33.1 Å². The van der Waals surface area contributed by atoms with E-state index >= 15 is 0 Å². The summed E-state index contributed by atoms with van der Waals surface area (Å²) in [6, 6.07) is 3.56. The van der Waals surface area contributed by atoms with E-state index in [1.807, 2.05) is 19.9 Å². The van der Waals surface area contributed by atoms with Gasteiger partial charge in [-0.05, 0) is 32.0 Å². The van der Waals surface area contributed by atoms with E-state index in [1.165, 1.54) is 11.3 Å². The summed E-state index contributed by atoms with van der Waals surface area (Å²) in [7, 11) is -3.36. The number of nitrogens with one attached hydrogen (secondary N) is 2. The van der Waals surface area contributed by atoms with Crippen molar-refractivity contribution in [2.45, 2.75) is 63.3 Å². The van der Waals surface area contributed by atoms with Gasteiger partial charge in [-0.3, -0.25) is 0 Å². The largest absolute Gasteiger partial charge is 0.312 e. The maximum Gasteiger partial charge on any atom is 0.250 e. The van der Waals surface area contributed by atoms with E-state index in [1.54, 1.807) is 6.07 Å². The third-order valence-corrected chi connectivity index (χ3v) is 6.21. The van der Waals surface area contributed by atoms with Crippen LogP contribution in [-0.2, 0) is 16.6 Å². The van der Waals surface area contributed by atoms with Crippen LogP contribution in [0.5, 0.6) is 0 Å². The Morgan fingerprint density at radius 3 is 2.65 bits per heavy atom. The van der Waals surface area contributed by atoms with Gasteiger partial charge in [0.25, 0.3) is 0 Å². The van der Waals surface area contributed by atoms with Gasteiger partial charge >= 0.3 is 0 Å². The number of rotatable bonds is 10. The second kappa shape index (κ2) is 8.77. The van der Waals surface area contributed by atoms with Crippen molar-refractivity contribution in [3.8, 4) is 0 Å². The summed E-state index contributed by atoms with van der Waals surface area (Å²) in [5.74, 6) is 0. The molecule has 0 radical (unpaired) electrons. The summed E-state index contributed by atoms with van der Waals surface area (Å²) in [6.07, 6.45) is 4.26. The van der Waals surface area contributed by atoms with Crippen LogP contribution in [0.2, 0.25) is 0 Å². The van der Waals surface area contributed by atoms with Gasteiger partial charge in [-0.25, -0.2) is 13.1 Å². The topological polar surface area (TPSA) is 58.2 Å². The smallest absolute Gasteiger partial charge is 0.250 e. The molecule has 0 aromatic carbocycles. The second-order valence-electron chi connectivity index (χ2n) is 5.02. The maximum absolute atomic E-state index is 12.2. The minimum atomic E-state index is -3.36. The first-order chi connectivity index (χ1) is 9.49. The van der Waals surface area contributed by atoms with Crippen molar-refractivity contribution >= 4 is 21.4 Å². The van der Waals surface area contributed by atoms with Crippen LogP contribution in [0.1, 0.15) is 51.3 Å². The number of hydrogen-bond donors (Lipinski definition) is 2. The van der Waals surface area contributed by atoms with Crippen molar-refractivity contribution in [2.75, 3.05) is 6.54 Å². The fourth-order valence-corrected chi connectivity index (χ4v) is 4.55. The average molecular weight is 319 g/mol. The molecule has 1 unspecified atom stereocenters. The van der Waals surface area contributed by atoms with Crippen LogP contribution in [0.15, 0.2) is 16.3 Å². The molecule has 20 heavy (non-hydrogen) atoms. The first kappa shape index (κ1) is 17.6. The van der Waals surface area contributed by atoms with Crippen LogP contribution in [-0.4, -0.2) is 21.0 Å². The van der Waals surface area contributed by atoms with E-state index in [0.717, 1.165) is 43.6 Å². The fraction of sp³-hybridized carbons (Fsp3) is 0.714. The summed E-state index contributed by atoms with van der Waals surface area (Å²) in [5.41, 5.74) is 0. The van der Waals surface area contributed by atoms with Crippen LogP contribution >= 0.6 is 11.3 Å². The minimum absolute atomic E-state index is 0.00846. The van der Waals surface area contributed by atoms with Crippen molar-refractivity contribution in [1.29, 1.82) is 0 Å². The molecule has 1 rings (SSSR count). The number of sulfonamides is 1. The van der Waals surface area contributed by atoms with Crippen molar-refractivity contribution in [1.82, 2.24) is 10.0 Å². The van der Waals surface area contributed by atoms with Crippen LogP contribution in [0.4, 0.5) is 0 Å². The van der Waals surface area contributed by atoms with Crippen LogP contribution in [0.25, 0.3) is 0 Å². The van der Waals surface area contributed by atoms with E-state index in [9.17, 15) is 8.42 Å². The molecule has 0 amide bonds. The molecule has 4 nitrogen and oxygen atoms in total. The summed E-state index contributed by atoms with van der Waals surface area (Å²) in [5, 5.41) is 3.20. The maximum atomic E-state index is 12.2. The second-order valence-corrected chi connectivity index (χ2v) is 8.13. The van der Waals surface area contributed by atoms with Crippen molar-refractivity contribution in [3.05, 3.63) is 17.0 Å². The quantitative estimate of drug-likeness (QED) is 0.652. The minimum Gasteiger partial charge on any atom is -0.312 e. The van der Waals surface area contributed by atoms with Crippen LogP contribution in [0, 0.1) is 0 Å². The molecule has 0 bridgehead atoms. The molecule has 0 aliphatic carbocycles. The lowest BCUT2D eigenvalue weighted by molar-refractivity contribution is 0.528. The van der Waals surface area contributed by atoms with Gasteiger partial charge < -0.3 is 5.32 Å². The highest BCUT2D eigenvalue weighted by Crippen LogP contribution is 2.22. The molecular weight excluding hydrogens is 292 g/mol. The highest BCUT2D eigenvalue weighted by Gasteiger charge is 2.19. The molecule has 1 atom stereocenters. The third kappa shape index (κ3) is 5.91. The van der Waals surface area contributed by atoms with E-state index in [0.29, 0.717) is 4.21 Å². The van der Waals surface area contributed by atoms with E-state index in [2.05, 4.69) is 17.0 Å². The van der Waals surface area contributed by atoms with Gasteiger partial charge in [-0.15, -0.1) is 11.3 Å². The molecule has 1 heterocycles. The van der Waals surface area contributed by atoms with Crippen molar-refractivity contribution in [2.24, 2.45) is 0 Å². The molecule has 0 fully saturated rings. The molecule has 2 N–H and O–H groups in total. The molecule has 116 valence electrons. The Kier molecular flexibility index (Phi) is 7.72. The van der Waals surface area contributed by atoms with Gasteiger partial charge in [0.15, 0.2) is 0 Å². The lowest BCUT2D eigenvalue weighted by Gasteiger charge is -2.12. The first-order valence-corrected chi connectivity index (χ1v) is 9.61. The van der Waals surface area contributed by atoms with Crippen molar-refractivity contribution in [3.63, 3.8) is 0 Å². The van der Waals surface area contributed by atoms with Gasteiger partial charge in [-0.2, -0.15) is 0 Å². The summed E-state index contributed by atoms with van der Waals surface area (Å²) in [6.45, 7) is 7.72. The predicted octanol–water partition coefficient (Wildman–Crippen LogP) is 3.10. The van der Waals surface area contributed by atoms with Gasteiger partial charge in [0, 0.05) is 17.5 Å². The fourth-order valence-electron chi connectivity index (χ4n) is 1.93. The molecule has 1 aromatic rings. The molecule has 1 aromatic heterocycles. The zero-order chi connectivity index (χ0) is 15.0. The summed E-state index contributed by atoms with van der Waals surface area (Å²) < 4.78 is 27.7. The zero-order valence-corrected chi connectivity index (χ0v) is 14.2. The van der Waals surface area contributed by atoms with E-state index in [-0.39, 0.29) is 6.04 Å². The van der Waals surface area contributed by atoms with Crippen molar-refractivity contribution < 1.29 is 8.42 Å². The van der Waals surface area contributed by atoms with E-state index in [4.69, 9.17) is 0 Å². The predicted molar refractivity (Wildman–Crippen MR) is 85.6 cm³/mol. The van der Waals surface area contributed by atoms with E-state index < -0.39 is 10.0 Å². The zero-order valence-electron chi connectivity index (χ0n) is 12.6. The average Bonchev–Trinajstić information content (AvgIpc) is 2.85. The van der Waals surface area contributed by atoms with Gasteiger partial charge in [0.1, 0.15) is 4.21 Å². The first-order valence-electron chi connectivity index (χ1n) is 7.31. The molecule has 0 saturated heterocycles. The van der Waals surface area contributed by atoms with Crippen LogP contribution in [0.3, 0.4) is 0 Å². The lowest BCUT2D eigenvalue weighted by atomic mass is 10.1. The third-order valence-electron chi connectivity index (χ3n) is 3.05. The molecule has 0 aliphatic rings. The Morgan fingerprint density at radius 2 is 2.00 bits per heavy atom. The Balaban J connectivity index is 2.57. The highest BCUT2D eigenvalue weighted by atomic mass is 32.2. The monoisotopic (exact) mass is 318 g/mol. The molecule has 0 spiro atoms.